The lowest BCUT2D eigenvalue weighted by molar-refractivity contribution is 0.104. The number of aliphatic hydroxyl groups excluding tert-OH is 1. The Labute approximate surface area is 123 Å². The molecular formula is C16H21N3O2. The van der Waals surface area contributed by atoms with Crippen LogP contribution >= 0.6 is 0 Å². The van der Waals surface area contributed by atoms with Gasteiger partial charge in [-0.1, -0.05) is 6.07 Å². The van der Waals surface area contributed by atoms with Crippen LogP contribution in [0.1, 0.15) is 24.1 Å². The van der Waals surface area contributed by atoms with Crippen LogP contribution in [0.15, 0.2) is 29.2 Å². The Morgan fingerprint density at radius 3 is 3.00 bits per heavy atom. The molecule has 1 atom stereocenters. The summed E-state index contributed by atoms with van der Waals surface area (Å²) in [6.07, 6.45) is 3.73. The number of nitrogens with zero attached hydrogens (tertiary/aromatic N) is 3. The highest BCUT2D eigenvalue weighted by molar-refractivity contribution is 5.46. The number of hydrogen-bond donors (Lipinski definition) is 1. The van der Waals surface area contributed by atoms with Crippen molar-refractivity contribution in [1.29, 1.82) is 0 Å². The number of hydrogen-bond acceptors (Lipinski definition) is 4. The lowest BCUT2D eigenvalue weighted by Crippen LogP contribution is -2.31. The Balaban J connectivity index is 1.80. The highest BCUT2D eigenvalue weighted by Gasteiger charge is 2.30. The number of aromatic nitrogens is 2. The van der Waals surface area contributed by atoms with Gasteiger partial charge in [0.15, 0.2) is 0 Å². The van der Waals surface area contributed by atoms with Crippen molar-refractivity contribution in [3.05, 3.63) is 46.0 Å². The quantitative estimate of drug-likeness (QED) is 0.898. The van der Waals surface area contributed by atoms with Crippen LogP contribution < -0.4 is 5.56 Å². The molecule has 0 saturated heterocycles. The van der Waals surface area contributed by atoms with Gasteiger partial charge in [0, 0.05) is 25.4 Å². The molecule has 1 aliphatic rings. The van der Waals surface area contributed by atoms with Crippen molar-refractivity contribution in [1.82, 2.24) is 14.3 Å². The van der Waals surface area contributed by atoms with Gasteiger partial charge in [-0.2, -0.15) is 0 Å². The highest BCUT2D eigenvalue weighted by atomic mass is 16.3. The molecule has 2 heterocycles. The number of pyridine rings is 1. The summed E-state index contributed by atoms with van der Waals surface area (Å²) in [6, 6.07) is 5.38. The predicted molar refractivity (Wildman–Crippen MR) is 81.3 cm³/mol. The fourth-order valence-corrected chi connectivity index (χ4v) is 2.68. The number of fused-ring (bicyclic) bond motifs is 1. The van der Waals surface area contributed by atoms with E-state index in [-0.39, 0.29) is 11.7 Å². The van der Waals surface area contributed by atoms with Crippen molar-refractivity contribution in [3.63, 3.8) is 0 Å². The first kappa shape index (κ1) is 14.2. The summed E-state index contributed by atoms with van der Waals surface area (Å²) in [5.41, 5.74) is 2.38. The Bertz CT molecular complexity index is 706. The highest BCUT2D eigenvalue weighted by Crippen LogP contribution is 2.32. The SMILES string of the molecule is Cc1cccn2c(=O)cc(CN(C)CC(O)C3CC3)nc12. The molecule has 5 heteroatoms. The number of rotatable bonds is 5. The lowest BCUT2D eigenvalue weighted by atomic mass is 10.2. The first-order valence-corrected chi connectivity index (χ1v) is 7.39. The van der Waals surface area contributed by atoms with Gasteiger partial charge in [0.1, 0.15) is 5.65 Å². The van der Waals surface area contributed by atoms with Crippen LogP contribution in [-0.2, 0) is 6.54 Å². The fraction of sp³-hybridized carbons (Fsp3) is 0.500. The fourth-order valence-electron chi connectivity index (χ4n) is 2.68. The zero-order valence-corrected chi connectivity index (χ0v) is 12.5. The standard InChI is InChI=1S/C16H21N3O2/c1-11-4-3-7-19-15(21)8-13(17-16(11)19)9-18(2)10-14(20)12-5-6-12/h3-4,7-8,12,14,20H,5-6,9-10H2,1-2H3. The zero-order chi connectivity index (χ0) is 15.0. The largest absolute Gasteiger partial charge is 0.392 e. The van der Waals surface area contributed by atoms with Gasteiger partial charge in [-0.3, -0.25) is 14.1 Å². The van der Waals surface area contributed by atoms with E-state index in [2.05, 4.69) is 4.98 Å². The lowest BCUT2D eigenvalue weighted by Gasteiger charge is -2.20. The molecule has 1 N–H and O–H groups in total. The molecule has 1 fully saturated rings. The maximum atomic E-state index is 12.1. The molecule has 1 saturated carbocycles. The van der Waals surface area contributed by atoms with Gasteiger partial charge in [0.05, 0.1) is 11.8 Å². The van der Waals surface area contributed by atoms with E-state index in [0.717, 1.165) is 24.1 Å². The second-order valence-electron chi connectivity index (χ2n) is 6.07. The van der Waals surface area contributed by atoms with E-state index in [1.54, 1.807) is 16.7 Å². The topological polar surface area (TPSA) is 57.8 Å². The van der Waals surface area contributed by atoms with Gasteiger partial charge >= 0.3 is 0 Å². The molecule has 0 radical (unpaired) electrons. The minimum absolute atomic E-state index is 0.0603. The van der Waals surface area contributed by atoms with Crippen LogP contribution in [0.3, 0.4) is 0 Å². The number of aliphatic hydroxyl groups is 1. The summed E-state index contributed by atoms with van der Waals surface area (Å²) in [7, 11) is 1.95. The van der Waals surface area contributed by atoms with Gasteiger partial charge in [0.25, 0.3) is 5.56 Å². The third-order valence-electron chi connectivity index (χ3n) is 4.04. The molecule has 0 aromatic carbocycles. The summed E-state index contributed by atoms with van der Waals surface area (Å²) >= 11 is 0. The molecule has 2 aromatic rings. The monoisotopic (exact) mass is 287 g/mol. The van der Waals surface area contributed by atoms with Crippen LogP contribution in [0.4, 0.5) is 0 Å². The summed E-state index contributed by atoms with van der Waals surface area (Å²) < 4.78 is 1.57. The zero-order valence-electron chi connectivity index (χ0n) is 12.5. The Morgan fingerprint density at radius 1 is 1.52 bits per heavy atom. The van der Waals surface area contributed by atoms with Crippen LogP contribution in [-0.4, -0.2) is 39.1 Å². The molecule has 3 rings (SSSR count). The Morgan fingerprint density at radius 2 is 2.29 bits per heavy atom. The van der Waals surface area contributed by atoms with Crippen molar-refractivity contribution in [2.75, 3.05) is 13.6 Å². The maximum Gasteiger partial charge on any atom is 0.258 e. The minimum atomic E-state index is -0.265. The molecule has 1 unspecified atom stereocenters. The van der Waals surface area contributed by atoms with E-state index in [1.807, 2.05) is 31.0 Å². The van der Waals surface area contributed by atoms with Crippen LogP contribution in [0, 0.1) is 12.8 Å². The maximum absolute atomic E-state index is 12.1. The summed E-state index contributed by atoms with van der Waals surface area (Å²) in [6.45, 7) is 3.15. The van der Waals surface area contributed by atoms with Crippen molar-refractivity contribution >= 4 is 5.65 Å². The van der Waals surface area contributed by atoms with E-state index in [1.165, 1.54) is 0 Å². The summed E-state index contributed by atoms with van der Waals surface area (Å²) in [5.74, 6) is 0.463. The summed E-state index contributed by atoms with van der Waals surface area (Å²) in [5, 5.41) is 9.98. The molecule has 2 aromatic heterocycles. The second kappa shape index (κ2) is 5.58. The first-order chi connectivity index (χ1) is 10.0. The van der Waals surface area contributed by atoms with Gasteiger partial charge in [0.2, 0.25) is 0 Å². The first-order valence-electron chi connectivity index (χ1n) is 7.39. The van der Waals surface area contributed by atoms with Crippen molar-refractivity contribution in [2.45, 2.75) is 32.4 Å². The molecule has 0 spiro atoms. The molecule has 21 heavy (non-hydrogen) atoms. The number of aryl methyl sites for hydroxylation is 1. The molecule has 0 aliphatic heterocycles. The minimum Gasteiger partial charge on any atom is -0.392 e. The molecule has 5 nitrogen and oxygen atoms in total. The van der Waals surface area contributed by atoms with E-state index < -0.39 is 0 Å². The average molecular weight is 287 g/mol. The van der Waals surface area contributed by atoms with Crippen molar-refractivity contribution in [2.24, 2.45) is 5.92 Å². The smallest absolute Gasteiger partial charge is 0.258 e. The third-order valence-corrected chi connectivity index (χ3v) is 4.04. The van der Waals surface area contributed by atoms with Crippen LogP contribution in [0.25, 0.3) is 5.65 Å². The summed E-state index contributed by atoms with van der Waals surface area (Å²) in [4.78, 5) is 18.7. The third kappa shape index (κ3) is 3.14. The Kier molecular flexibility index (Phi) is 3.78. The van der Waals surface area contributed by atoms with E-state index in [9.17, 15) is 9.90 Å². The van der Waals surface area contributed by atoms with Crippen molar-refractivity contribution in [3.8, 4) is 0 Å². The van der Waals surface area contributed by atoms with Crippen LogP contribution in [0.2, 0.25) is 0 Å². The second-order valence-corrected chi connectivity index (χ2v) is 6.07. The predicted octanol–water partition coefficient (Wildman–Crippen LogP) is 1.21. The van der Waals surface area contributed by atoms with Crippen LogP contribution in [0.5, 0.6) is 0 Å². The molecular weight excluding hydrogens is 266 g/mol. The average Bonchev–Trinajstić information content (AvgIpc) is 3.24. The molecule has 0 amide bonds. The molecule has 0 bridgehead atoms. The van der Waals surface area contributed by atoms with Gasteiger partial charge in [-0.15, -0.1) is 0 Å². The van der Waals surface area contributed by atoms with E-state index in [0.29, 0.717) is 24.7 Å². The van der Waals surface area contributed by atoms with Gasteiger partial charge in [-0.25, -0.2) is 4.98 Å². The van der Waals surface area contributed by atoms with Gasteiger partial charge in [-0.05, 0) is 44.4 Å². The van der Waals surface area contributed by atoms with E-state index in [4.69, 9.17) is 0 Å². The van der Waals surface area contributed by atoms with E-state index >= 15 is 0 Å². The normalized spacial score (nSPS) is 16.6. The number of likely N-dealkylation sites (N-methyl/N-ethyl adjacent to an activating group) is 1. The Hall–Kier alpha value is -1.72. The molecule has 1 aliphatic carbocycles. The molecule has 112 valence electrons. The van der Waals surface area contributed by atoms with Gasteiger partial charge < -0.3 is 5.11 Å². The van der Waals surface area contributed by atoms with Crippen molar-refractivity contribution < 1.29 is 5.11 Å².